The third kappa shape index (κ3) is 5.86. The smallest absolute Gasteiger partial charge is 0.191 e. The summed E-state index contributed by atoms with van der Waals surface area (Å²) in [6, 6.07) is 11.8. The van der Waals surface area contributed by atoms with Gasteiger partial charge in [-0.1, -0.05) is 18.2 Å². The minimum Gasteiger partial charge on any atom is -0.382 e. The zero-order valence-electron chi connectivity index (χ0n) is 17.5. The van der Waals surface area contributed by atoms with Gasteiger partial charge >= 0.3 is 0 Å². The lowest BCUT2D eigenvalue weighted by molar-refractivity contribution is 0.0243. The number of para-hydroxylation sites is 1. The summed E-state index contributed by atoms with van der Waals surface area (Å²) in [7, 11) is 1.75. The lowest BCUT2D eigenvalue weighted by Crippen LogP contribution is -2.45. The van der Waals surface area contributed by atoms with Crippen molar-refractivity contribution in [3.8, 4) is 11.8 Å². The fraction of sp³-hybridized carbons (Fsp3) is 0.476. The molecule has 1 atom stereocenters. The van der Waals surface area contributed by atoms with Crippen LogP contribution in [0.2, 0.25) is 0 Å². The number of nitrogens with two attached hydrogens (primary N) is 1. The Hall–Kier alpha value is -2.32. The highest BCUT2D eigenvalue weighted by Crippen LogP contribution is 2.24. The number of aromatic nitrogens is 2. The molecular formula is C21H30IN7O. The van der Waals surface area contributed by atoms with Crippen molar-refractivity contribution in [2.45, 2.75) is 38.2 Å². The first-order valence-electron chi connectivity index (χ1n) is 9.98. The number of benzene rings is 1. The van der Waals surface area contributed by atoms with E-state index in [0.29, 0.717) is 30.0 Å². The largest absolute Gasteiger partial charge is 0.382 e. The average Bonchev–Trinajstić information content (AvgIpc) is 3.31. The Morgan fingerprint density at radius 3 is 2.77 bits per heavy atom. The summed E-state index contributed by atoms with van der Waals surface area (Å²) in [4.78, 5) is 4.26. The number of guanidine groups is 1. The number of hydrogen-bond acceptors (Lipinski definition) is 5. The second-order valence-electron chi connectivity index (χ2n) is 7.42. The van der Waals surface area contributed by atoms with E-state index in [1.807, 2.05) is 30.3 Å². The van der Waals surface area contributed by atoms with E-state index in [9.17, 15) is 5.26 Å². The monoisotopic (exact) mass is 523 g/mol. The Labute approximate surface area is 194 Å². The van der Waals surface area contributed by atoms with Crippen molar-refractivity contribution in [2.75, 3.05) is 32.5 Å². The van der Waals surface area contributed by atoms with Crippen LogP contribution in [-0.4, -0.2) is 48.1 Å². The molecule has 162 valence electrons. The van der Waals surface area contributed by atoms with Crippen molar-refractivity contribution in [2.24, 2.45) is 4.99 Å². The van der Waals surface area contributed by atoms with E-state index < -0.39 is 0 Å². The van der Waals surface area contributed by atoms with Crippen LogP contribution in [0, 0.1) is 11.3 Å². The van der Waals surface area contributed by atoms with Gasteiger partial charge in [0.1, 0.15) is 17.5 Å². The van der Waals surface area contributed by atoms with Crippen LogP contribution in [0.25, 0.3) is 5.69 Å². The van der Waals surface area contributed by atoms with Gasteiger partial charge in [-0.3, -0.25) is 4.99 Å². The van der Waals surface area contributed by atoms with Gasteiger partial charge in [-0.2, -0.15) is 10.4 Å². The molecule has 0 aliphatic carbocycles. The van der Waals surface area contributed by atoms with Gasteiger partial charge in [-0.25, -0.2) is 4.68 Å². The van der Waals surface area contributed by atoms with E-state index in [2.05, 4.69) is 33.7 Å². The average molecular weight is 523 g/mol. The summed E-state index contributed by atoms with van der Waals surface area (Å²) in [6.45, 7) is 4.38. The Morgan fingerprint density at radius 2 is 2.13 bits per heavy atom. The van der Waals surface area contributed by atoms with Crippen LogP contribution in [0.5, 0.6) is 0 Å². The Kier molecular flexibility index (Phi) is 8.92. The number of nitrogens with one attached hydrogen (secondary N) is 2. The Morgan fingerprint density at radius 1 is 1.37 bits per heavy atom. The molecule has 3 rings (SSSR count). The number of rotatable bonds is 7. The number of nitrogen functional groups attached to an aromatic ring is 1. The van der Waals surface area contributed by atoms with Gasteiger partial charge in [0.25, 0.3) is 0 Å². The SMILES string of the molecule is CN=C(NCCCc1nn(-c2ccccc2)c(N)c1C#N)NCC1(C)CCCO1.I. The Balaban J connectivity index is 0.00000320. The van der Waals surface area contributed by atoms with Gasteiger partial charge in [0.15, 0.2) is 5.96 Å². The highest BCUT2D eigenvalue weighted by Gasteiger charge is 2.29. The summed E-state index contributed by atoms with van der Waals surface area (Å²) in [5, 5.41) is 20.7. The van der Waals surface area contributed by atoms with Crippen LogP contribution in [0.3, 0.4) is 0 Å². The molecule has 8 nitrogen and oxygen atoms in total. The molecule has 1 aliphatic rings. The zero-order valence-corrected chi connectivity index (χ0v) is 19.8. The molecule has 4 N–H and O–H groups in total. The molecule has 1 aromatic carbocycles. The van der Waals surface area contributed by atoms with E-state index in [4.69, 9.17) is 10.5 Å². The molecule has 1 aliphatic heterocycles. The van der Waals surface area contributed by atoms with Crippen molar-refractivity contribution in [3.63, 3.8) is 0 Å². The van der Waals surface area contributed by atoms with Crippen molar-refractivity contribution < 1.29 is 4.74 Å². The number of ether oxygens (including phenoxy) is 1. The van der Waals surface area contributed by atoms with Crippen LogP contribution < -0.4 is 16.4 Å². The van der Waals surface area contributed by atoms with E-state index in [1.165, 1.54) is 0 Å². The molecule has 1 saturated heterocycles. The first-order valence-corrected chi connectivity index (χ1v) is 9.98. The topological polar surface area (TPSA) is 113 Å². The fourth-order valence-corrected chi connectivity index (χ4v) is 3.47. The van der Waals surface area contributed by atoms with Gasteiger partial charge in [0.2, 0.25) is 0 Å². The molecular weight excluding hydrogens is 493 g/mol. The van der Waals surface area contributed by atoms with Crippen LogP contribution in [0.1, 0.15) is 37.4 Å². The normalized spacial score (nSPS) is 18.5. The van der Waals surface area contributed by atoms with Gasteiger partial charge in [-0.15, -0.1) is 24.0 Å². The highest BCUT2D eigenvalue weighted by molar-refractivity contribution is 14.0. The molecule has 1 fully saturated rings. The lowest BCUT2D eigenvalue weighted by atomic mass is 10.0. The molecule has 1 unspecified atom stereocenters. The van der Waals surface area contributed by atoms with E-state index in [0.717, 1.165) is 44.1 Å². The molecule has 30 heavy (non-hydrogen) atoms. The molecule has 2 aromatic rings. The standard InChI is InChI=1S/C21H29N7O.HI/c1-21(11-7-13-29-21)15-26-20(24-2)25-12-6-10-18-17(14-22)19(23)28(27-18)16-8-4-3-5-9-16;/h3-5,8-9H,6-7,10-13,15,23H2,1-2H3,(H2,24,25,26);1H. The molecule has 2 heterocycles. The van der Waals surface area contributed by atoms with Crippen molar-refractivity contribution >= 4 is 35.8 Å². The maximum absolute atomic E-state index is 9.50. The van der Waals surface area contributed by atoms with Crippen LogP contribution in [0.15, 0.2) is 35.3 Å². The number of aliphatic imine (C=N–C) groups is 1. The summed E-state index contributed by atoms with van der Waals surface area (Å²) >= 11 is 0. The van der Waals surface area contributed by atoms with Crippen LogP contribution >= 0.6 is 24.0 Å². The number of halogens is 1. The quantitative estimate of drug-likeness (QED) is 0.223. The lowest BCUT2D eigenvalue weighted by Gasteiger charge is -2.24. The van der Waals surface area contributed by atoms with Crippen molar-refractivity contribution in [1.82, 2.24) is 20.4 Å². The molecule has 0 amide bonds. The second kappa shape index (κ2) is 11.2. The summed E-state index contributed by atoms with van der Waals surface area (Å²) < 4.78 is 7.43. The summed E-state index contributed by atoms with van der Waals surface area (Å²) in [5.74, 6) is 1.13. The predicted molar refractivity (Wildman–Crippen MR) is 129 cm³/mol. The number of nitriles is 1. The predicted octanol–water partition coefficient (Wildman–Crippen LogP) is 2.61. The van der Waals surface area contributed by atoms with E-state index >= 15 is 0 Å². The first-order chi connectivity index (χ1) is 14.1. The minimum atomic E-state index is -0.124. The maximum atomic E-state index is 9.50. The van der Waals surface area contributed by atoms with Gasteiger partial charge in [0.05, 0.1) is 17.0 Å². The van der Waals surface area contributed by atoms with Crippen molar-refractivity contribution in [3.05, 3.63) is 41.6 Å². The van der Waals surface area contributed by atoms with Gasteiger partial charge in [-0.05, 0) is 44.7 Å². The first kappa shape index (κ1) is 24.0. The molecule has 1 aromatic heterocycles. The Bertz CT molecular complexity index is 883. The third-order valence-corrected chi connectivity index (χ3v) is 5.14. The summed E-state index contributed by atoms with van der Waals surface area (Å²) in [6.07, 6.45) is 3.61. The molecule has 0 radical (unpaired) electrons. The molecule has 9 heteroatoms. The maximum Gasteiger partial charge on any atom is 0.191 e. The number of aryl methyl sites for hydroxylation is 1. The second-order valence-corrected chi connectivity index (χ2v) is 7.42. The zero-order chi connectivity index (χ0) is 20.7. The van der Waals surface area contributed by atoms with Crippen LogP contribution in [-0.2, 0) is 11.2 Å². The van der Waals surface area contributed by atoms with E-state index in [-0.39, 0.29) is 29.6 Å². The van der Waals surface area contributed by atoms with E-state index in [1.54, 1.807) is 11.7 Å². The third-order valence-electron chi connectivity index (χ3n) is 5.14. The van der Waals surface area contributed by atoms with Crippen molar-refractivity contribution in [1.29, 1.82) is 5.26 Å². The number of nitrogens with zero attached hydrogens (tertiary/aromatic N) is 4. The molecule has 0 spiro atoms. The fourth-order valence-electron chi connectivity index (χ4n) is 3.47. The molecule has 0 bridgehead atoms. The van der Waals surface area contributed by atoms with Gasteiger partial charge in [0, 0.05) is 26.7 Å². The molecule has 0 saturated carbocycles. The number of hydrogen-bond donors (Lipinski definition) is 3. The van der Waals surface area contributed by atoms with Crippen LogP contribution in [0.4, 0.5) is 5.82 Å². The van der Waals surface area contributed by atoms with Gasteiger partial charge < -0.3 is 21.1 Å². The summed E-state index contributed by atoms with van der Waals surface area (Å²) in [5.41, 5.74) is 8.04. The highest BCUT2D eigenvalue weighted by atomic mass is 127. The minimum absolute atomic E-state index is 0. The number of anilines is 1.